The molecule has 6 nitrogen and oxygen atoms in total. The lowest BCUT2D eigenvalue weighted by atomic mass is 9.98. The average molecular weight is 351 g/mol. The highest BCUT2D eigenvalue weighted by Gasteiger charge is 2.47. The van der Waals surface area contributed by atoms with Gasteiger partial charge in [0.25, 0.3) is 0 Å². The van der Waals surface area contributed by atoms with Crippen molar-refractivity contribution in [2.24, 2.45) is 0 Å². The molecule has 0 bridgehead atoms. The molecule has 128 valence electrons. The largest absolute Gasteiger partial charge is 0.408 e. The zero-order valence-electron chi connectivity index (χ0n) is 12.2. The van der Waals surface area contributed by atoms with Crippen molar-refractivity contribution in [2.45, 2.75) is 42.9 Å². The molecule has 0 radical (unpaired) electrons. The smallest absolute Gasteiger partial charge is 0.329 e. The fourth-order valence-electron chi connectivity index (χ4n) is 2.55. The first-order chi connectivity index (χ1) is 10.6. The molecular formula is C13H16F3N3O3S. The number of pyridine rings is 1. The highest BCUT2D eigenvalue weighted by molar-refractivity contribution is 7.89. The van der Waals surface area contributed by atoms with Gasteiger partial charge in [0.15, 0.2) is 0 Å². The van der Waals surface area contributed by atoms with E-state index in [9.17, 15) is 26.4 Å². The highest BCUT2D eigenvalue weighted by Crippen LogP contribution is 2.32. The zero-order valence-corrected chi connectivity index (χ0v) is 13.1. The Labute approximate surface area is 131 Å². The van der Waals surface area contributed by atoms with Gasteiger partial charge in [-0.15, -0.1) is 0 Å². The van der Waals surface area contributed by atoms with E-state index in [0.29, 0.717) is 4.90 Å². The van der Waals surface area contributed by atoms with Crippen LogP contribution in [0.15, 0.2) is 29.4 Å². The molecule has 1 N–H and O–H groups in total. The SMILES string of the molecule is CC(=O)N1C[C@@H](NS(=O)(=O)c2cccnc2)CC[C@@H]1C(F)(F)F. The summed E-state index contributed by atoms with van der Waals surface area (Å²) in [5.41, 5.74) is 0. The van der Waals surface area contributed by atoms with Gasteiger partial charge in [-0.3, -0.25) is 9.78 Å². The van der Waals surface area contributed by atoms with Gasteiger partial charge in [0.2, 0.25) is 15.9 Å². The first-order valence-electron chi connectivity index (χ1n) is 6.87. The van der Waals surface area contributed by atoms with E-state index < -0.39 is 34.2 Å². The fraction of sp³-hybridized carbons (Fsp3) is 0.538. The Morgan fingerprint density at radius 2 is 2.09 bits per heavy atom. The van der Waals surface area contributed by atoms with Gasteiger partial charge in [-0.2, -0.15) is 13.2 Å². The molecule has 2 atom stereocenters. The lowest BCUT2D eigenvalue weighted by Crippen LogP contribution is -2.57. The third-order valence-corrected chi connectivity index (χ3v) is 5.14. The van der Waals surface area contributed by atoms with Crippen molar-refractivity contribution in [1.82, 2.24) is 14.6 Å². The van der Waals surface area contributed by atoms with Crippen LogP contribution in [-0.4, -0.2) is 49.0 Å². The number of piperidine rings is 1. The predicted molar refractivity (Wildman–Crippen MR) is 74.8 cm³/mol. The molecule has 1 aromatic rings. The van der Waals surface area contributed by atoms with Crippen LogP contribution in [0.2, 0.25) is 0 Å². The Hall–Kier alpha value is -1.68. The van der Waals surface area contributed by atoms with Crippen LogP contribution in [0, 0.1) is 0 Å². The number of rotatable bonds is 3. The molecule has 0 spiro atoms. The molecule has 1 aromatic heterocycles. The molecule has 0 unspecified atom stereocenters. The molecule has 0 aromatic carbocycles. The van der Waals surface area contributed by atoms with Gasteiger partial charge >= 0.3 is 6.18 Å². The van der Waals surface area contributed by atoms with Crippen LogP contribution in [0.25, 0.3) is 0 Å². The van der Waals surface area contributed by atoms with Crippen LogP contribution in [0.1, 0.15) is 19.8 Å². The predicted octanol–water partition coefficient (Wildman–Crippen LogP) is 1.30. The normalized spacial score (nSPS) is 22.9. The topological polar surface area (TPSA) is 79.4 Å². The molecule has 1 fully saturated rings. The number of hydrogen-bond donors (Lipinski definition) is 1. The Balaban J connectivity index is 2.13. The van der Waals surface area contributed by atoms with Gasteiger partial charge in [0, 0.05) is 31.9 Å². The number of likely N-dealkylation sites (tertiary alicyclic amines) is 1. The number of alkyl halides is 3. The lowest BCUT2D eigenvalue weighted by molar-refractivity contribution is -0.196. The molecule has 0 aliphatic carbocycles. The second-order valence-corrected chi connectivity index (χ2v) is 7.03. The monoisotopic (exact) mass is 351 g/mol. The Morgan fingerprint density at radius 1 is 1.39 bits per heavy atom. The summed E-state index contributed by atoms with van der Waals surface area (Å²) >= 11 is 0. The van der Waals surface area contributed by atoms with Crippen LogP contribution in [0.4, 0.5) is 13.2 Å². The fourth-order valence-corrected chi connectivity index (χ4v) is 3.77. The van der Waals surface area contributed by atoms with Crippen LogP contribution >= 0.6 is 0 Å². The number of carbonyl (C=O) groups is 1. The number of hydrogen-bond acceptors (Lipinski definition) is 4. The van der Waals surface area contributed by atoms with E-state index in [1.54, 1.807) is 0 Å². The van der Waals surface area contributed by atoms with E-state index in [1.807, 2.05) is 0 Å². The molecule has 2 rings (SSSR count). The van der Waals surface area contributed by atoms with E-state index in [0.717, 1.165) is 13.1 Å². The summed E-state index contributed by atoms with van der Waals surface area (Å²) in [5, 5.41) is 0. The van der Waals surface area contributed by atoms with Crippen LogP contribution in [0.5, 0.6) is 0 Å². The number of nitrogens with one attached hydrogen (secondary N) is 1. The summed E-state index contributed by atoms with van der Waals surface area (Å²) in [7, 11) is -3.89. The number of nitrogens with zero attached hydrogens (tertiary/aromatic N) is 2. The van der Waals surface area contributed by atoms with E-state index in [4.69, 9.17) is 0 Å². The van der Waals surface area contributed by atoms with Crippen molar-refractivity contribution in [2.75, 3.05) is 6.54 Å². The molecule has 2 heterocycles. The maximum Gasteiger partial charge on any atom is 0.408 e. The molecule has 1 saturated heterocycles. The minimum atomic E-state index is -4.53. The number of amides is 1. The average Bonchev–Trinajstić information content (AvgIpc) is 2.46. The van der Waals surface area contributed by atoms with Crippen LogP contribution in [-0.2, 0) is 14.8 Å². The van der Waals surface area contributed by atoms with E-state index in [2.05, 4.69) is 9.71 Å². The van der Waals surface area contributed by atoms with Crippen LogP contribution in [0.3, 0.4) is 0 Å². The first kappa shape index (κ1) is 17.7. The van der Waals surface area contributed by atoms with Crippen molar-refractivity contribution in [3.8, 4) is 0 Å². The second-order valence-electron chi connectivity index (χ2n) is 5.31. The number of sulfonamides is 1. The highest BCUT2D eigenvalue weighted by atomic mass is 32.2. The van der Waals surface area contributed by atoms with Gasteiger partial charge in [-0.1, -0.05) is 0 Å². The van der Waals surface area contributed by atoms with E-state index in [1.165, 1.54) is 18.3 Å². The van der Waals surface area contributed by atoms with E-state index >= 15 is 0 Å². The molecule has 1 amide bonds. The minimum absolute atomic E-state index is 0.00650. The Kier molecular flexibility index (Phi) is 4.95. The summed E-state index contributed by atoms with van der Waals surface area (Å²) < 4.78 is 65.5. The zero-order chi connectivity index (χ0) is 17.3. The van der Waals surface area contributed by atoms with E-state index in [-0.39, 0.29) is 24.3 Å². The summed E-state index contributed by atoms with van der Waals surface area (Å²) in [4.78, 5) is 15.8. The first-order valence-corrected chi connectivity index (χ1v) is 8.36. The van der Waals surface area contributed by atoms with Gasteiger partial charge < -0.3 is 4.90 Å². The maximum atomic E-state index is 12.9. The van der Waals surface area contributed by atoms with Gasteiger partial charge in [-0.05, 0) is 25.0 Å². The third kappa shape index (κ3) is 4.20. The molecule has 1 aliphatic heterocycles. The van der Waals surface area contributed by atoms with Gasteiger partial charge in [0.1, 0.15) is 10.9 Å². The number of halogens is 3. The Morgan fingerprint density at radius 3 is 2.61 bits per heavy atom. The lowest BCUT2D eigenvalue weighted by Gasteiger charge is -2.39. The molecule has 1 aliphatic rings. The number of aromatic nitrogens is 1. The Bertz CT molecular complexity index is 664. The van der Waals surface area contributed by atoms with Crippen molar-refractivity contribution in [3.63, 3.8) is 0 Å². The minimum Gasteiger partial charge on any atom is -0.329 e. The maximum absolute atomic E-state index is 12.9. The standard InChI is InChI=1S/C13H16F3N3O3S/c1-9(20)19-8-10(4-5-12(19)13(14,15)16)18-23(21,22)11-3-2-6-17-7-11/h2-3,6-7,10,12,18H,4-5,8H2,1H3/t10-,12+/m0/s1. The summed E-state index contributed by atoms with van der Waals surface area (Å²) in [5.74, 6) is -0.738. The van der Waals surface area contributed by atoms with Crippen molar-refractivity contribution in [1.29, 1.82) is 0 Å². The quantitative estimate of drug-likeness (QED) is 0.890. The van der Waals surface area contributed by atoms with Crippen molar-refractivity contribution < 1.29 is 26.4 Å². The second kappa shape index (κ2) is 6.44. The van der Waals surface area contributed by atoms with Crippen molar-refractivity contribution >= 4 is 15.9 Å². The molecule has 23 heavy (non-hydrogen) atoms. The van der Waals surface area contributed by atoms with Gasteiger partial charge in [0.05, 0.1) is 0 Å². The molecular weight excluding hydrogens is 335 g/mol. The van der Waals surface area contributed by atoms with Crippen LogP contribution < -0.4 is 4.72 Å². The van der Waals surface area contributed by atoms with Crippen molar-refractivity contribution in [3.05, 3.63) is 24.5 Å². The summed E-state index contributed by atoms with van der Waals surface area (Å²) in [6.07, 6.45) is -2.33. The molecule has 0 saturated carbocycles. The van der Waals surface area contributed by atoms with Gasteiger partial charge in [-0.25, -0.2) is 13.1 Å². The summed E-state index contributed by atoms with van der Waals surface area (Å²) in [6, 6.07) is 0.123. The number of carbonyl (C=O) groups excluding carboxylic acids is 1. The molecule has 10 heteroatoms. The summed E-state index contributed by atoms with van der Waals surface area (Å²) in [6.45, 7) is 0.718. The third-order valence-electron chi connectivity index (χ3n) is 3.63.